The number of aromatic nitrogens is 1. The van der Waals surface area contributed by atoms with E-state index in [2.05, 4.69) is 227 Å². The second kappa shape index (κ2) is 18.9. The summed E-state index contributed by atoms with van der Waals surface area (Å²) in [6.45, 7) is 8.90. The summed E-state index contributed by atoms with van der Waals surface area (Å²) in [5, 5.41) is 0. The SMILES string of the molecule is C\C=C(/C=C(\C=C(\C)CC)c1cncc(-c2ccc(C(C)C(Cc3ccccc3)c3ccccc3)cc2)c1)c1ccc(N(c2ccccc2)c2ccccc2)cc1. The third-order valence-corrected chi connectivity index (χ3v) is 11.0. The molecule has 1 aromatic heterocycles. The fraction of sp³-hybridized carbons (Fsp3) is 0.145. The Kier molecular flexibility index (Phi) is 12.8. The molecule has 7 aromatic rings. The highest BCUT2D eigenvalue weighted by Crippen LogP contribution is 2.38. The summed E-state index contributed by atoms with van der Waals surface area (Å²) < 4.78 is 0. The summed E-state index contributed by atoms with van der Waals surface area (Å²) in [6, 6.07) is 63.2. The summed E-state index contributed by atoms with van der Waals surface area (Å²) >= 11 is 0. The molecule has 0 saturated carbocycles. The van der Waals surface area contributed by atoms with Gasteiger partial charge < -0.3 is 4.90 Å². The Labute approximate surface area is 340 Å². The molecule has 0 aliphatic rings. The quantitative estimate of drug-likeness (QED) is 0.103. The van der Waals surface area contributed by atoms with Crippen molar-refractivity contribution in [2.45, 2.75) is 52.4 Å². The minimum atomic E-state index is 0.343. The molecule has 0 radical (unpaired) electrons. The zero-order chi connectivity index (χ0) is 39.4. The van der Waals surface area contributed by atoms with Crippen molar-refractivity contribution in [3.63, 3.8) is 0 Å². The molecule has 0 bridgehead atoms. The largest absolute Gasteiger partial charge is 0.311 e. The molecule has 0 aliphatic carbocycles. The molecule has 57 heavy (non-hydrogen) atoms. The molecule has 2 nitrogen and oxygen atoms in total. The smallest absolute Gasteiger partial charge is 0.0462 e. The van der Waals surface area contributed by atoms with Crippen LogP contribution < -0.4 is 4.90 Å². The van der Waals surface area contributed by atoms with Crippen LogP contribution in [0.5, 0.6) is 0 Å². The topological polar surface area (TPSA) is 16.1 Å². The lowest BCUT2D eigenvalue weighted by molar-refractivity contribution is 0.572. The molecule has 2 unspecified atom stereocenters. The molecule has 1 heterocycles. The first kappa shape index (κ1) is 38.8. The minimum Gasteiger partial charge on any atom is -0.311 e. The Bertz CT molecular complexity index is 2370. The van der Waals surface area contributed by atoms with E-state index in [0.29, 0.717) is 11.8 Å². The van der Waals surface area contributed by atoms with Gasteiger partial charge in [0.25, 0.3) is 0 Å². The van der Waals surface area contributed by atoms with E-state index in [1.54, 1.807) is 0 Å². The van der Waals surface area contributed by atoms with Gasteiger partial charge >= 0.3 is 0 Å². The molecule has 0 spiro atoms. The first-order valence-electron chi connectivity index (χ1n) is 20.2. The molecular weight excluding hydrogens is 689 g/mol. The normalized spacial score (nSPS) is 13.2. The van der Waals surface area contributed by atoms with Crippen molar-refractivity contribution in [1.82, 2.24) is 4.98 Å². The van der Waals surface area contributed by atoms with Crippen molar-refractivity contribution in [1.29, 1.82) is 0 Å². The van der Waals surface area contributed by atoms with Gasteiger partial charge in [-0.05, 0) is 126 Å². The van der Waals surface area contributed by atoms with Gasteiger partial charge in [-0.15, -0.1) is 0 Å². The highest BCUT2D eigenvalue weighted by Gasteiger charge is 2.22. The summed E-state index contributed by atoms with van der Waals surface area (Å²) in [6.07, 6.45) is 12.8. The van der Waals surface area contributed by atoms with E-state index in [0.717, 1.165) is 57.7 Å². The standard InChI is InChI=1S/C55H52N2/c1-5-41(3)35-49(37-44(6-2)46-31-33-54(34-32-46)57(52-23-15-9-16-24-52)53-25-17-10-18-26-53)51-38-50(39-56-40-51)47-29-27-45(28-30-47)42(4)55(48-21-13-8-14-22-48)36-43-19-11-7-12-20-43/h6-35,37-40,42,55H,5,36H2,1-4H3/b41-35-,44-6+,49-37+. The van der Waals surface area contributed by atoms with E-state index in [-0.39, 0.29) is 0 Å². The number of pyridine rings is 1. The number of hydrogen-bond acceptors (Lipinski definition) is 2. The Hall–Kier alpha value is -6.51. The number of allylic oxidation sites excluding steroid dienone is 6. The third kappa shape index (κ3) is 9.66. The lowest BCUT2D eigenvalue weighted by atomic mass is 9.79. The lowest BCUT2D eigenvalue weighted by Gasteiger charge is -2.25. The first-order chi connectivity index (χ1) is 28.0. The number of para-hydroxylation sites is 2. The maximum Gasteiger partial charge on any atom is 0.0462 e. The number of hydrogen-bond donors (Lipinski definition) is 0. The van der Waals surface area contributed by atoms with E-state index in [9.17, 15) is 0 Å². The summed E-state index contributed by atoms with van der Waals surface area (Å²) in [7, 11) is 0. The van der Waals surface area contributed by atoms with Crippen LogP contribution in [0.4, 0.5) is 17.1 Å². The van der Waals surface area contributed by atoms with Crippen LogP contribution in [0.25, 0.3) is 22.3 Å². The molecule has 2 atom stereocenters. The van der Waals surface area contributed by atoms with E-state index in [1.807, 2.05) is 12.4 Å². The van der Waals surface area contributed by atoms with Crippen LogP contribution in [0.2, 0.25) is 0 Å². The molecular formula is C55H52N2. The van der Waals surface area contributed by atoms with Crippen molar-refractivity contribution in [2.24, 2.45) is 0 Å². The number of nitrogens with zero attached hydrogens (tertiary/aromatic N) is 2. The average molecular weight is 741 g/mol. The van der Waals surface area contributed by atoms with E-state index in [1.165, 1.54) is 27.8 Å². The van der Waals surface area contributed by atoms with Crippen molar-refractivity contribution in [3.8, 4) is 11.1 Å². The van der Waals surface area contributed by atoms with Gasteiger partial charge in [-0.1, -0.05) is 165 Å². The Balaban J connectivity index is 1.16. The van der Waals surface area contributed by atoms with Gasteiger partial charge in [0, 0.05) is 40.6 Å². The van der Waals surface area contributed by atoms with Crippen molar-refractivity contribution in [2.75, 3.05) is 4.90 Å². The molecule has 7 rings (SSSR count). The lowest BCUT2D eigenvalue weighted by Crippen LogP contribution is -2.11. The maximum absolute atomic E-state index is 4.79. The van der Waals surface area contributed by atoms with E-state index in [4.69, 9.17) is 4.98 Å². The van der Waals surface area contributed by atoms with Gasteiger partial charge in [-0.2, -0.15) is 0 Å². The zero-order valence-corrected chi connectivity index (χ0v) is 33.6. The number of rotatable bonds is 14. The van der Waals surface area contributed by atoms with Crippen LogP contribution in [-0.2, 0) is 6.42 Å². The molecule has 0 amide bonds. The van der Waals surface area contributed by atoms with Crippen LogP contribution in [0.3, 0.4) is 0 Å². The molecule has 282 valence electrons. The van der Waals surface area contributed by atoms with Crippen molar-refractivity contribution >= 4 is 28.2 Å². The van der Waals surface area contributed by atoms with Crippen LogP contribution in [0, 0.1) is 0 Å². The molecule has 6 aromatic carbocycles. The molecule has 0 fully saturated rings. The summed E-state index contributed by atoms with van der Waals surface area (Å²) in [5.41, 5.74) is 15.6. The highest BCUT2D eigenvalue weighted by atomic mass is 15.1. The second-order valence-electron chi connectivity index (χ2n) is 14.8. The molecule has 0 N–H and O–H groups in total. The van der Waals surface area contributed by atoms with Gasteiger partial charge in [0.2, 0.25) is 0 Å². The third-order valence-electron chi connectivity index (χ3n) is 11.0. The van der Waals surface area contributed by atoms with E-state index >= 15 is 0 Å². The average Bonchev–Trinajstić information content (AvgIpc) is 3.28. The van der Waals surface area contributed by atoms with Crippen molar-refractivity contribution in [3.05, 3.63) is 240 Å². The maximum atomic E-state index is 4.79. The van der Waals surface area contributed by atoms with Gasteiger partial charge in [-0.25, -0.2) is 0 Å². The summed E-state index contributed by atoms with van der Waals surface area (Å²) in [5.74, 6) is 0.713. The fourth-order valence-electron chi connectivity index (χ4n) is 7.60. The molecule has 2 heteroatoms. The van der Waals surface area contributed by atoms with Crippen LogP contribution in [0.15, 0.2) is 212 Å². The Morgan fingerprint density at radius 3 is 1.70 bits per heavy atom. The van der Waals surface area contributed by atoms with Crippen molar-refractivity contribution < 1.29 is 0 Å². The zero-order valence-electron chi connectivity index (χ0n) is 33.6. The molecule has 0 aliphatic heterocycles. The summed E-state index contributed by atoms with van der Waals surface area (Å²) in [4.78, 5) is 7.08. The second-order valence-corrected chi connectivity index (χ2v) is 14.8. The predicted octanol–water partition coefficient (Wildman–Crippen LogP) is 15.2. The monoisotopic (exact) mass is 740 g/mol. The first-order valence-corrected chi connectivity index (χ1v) is 20.2. The molecule has 0 saturated heterocycles. The van der Waals surface area contributed by atoms with Gasteiger partial charge in [0.05, 0.1) is 0 Å². The van der Waals surface area contributed by atoms with Gasteiger partial charge in [0.1, 0.15) is 0 Å². The van der Waals surface area contributed by atoms with Gasteiger partial charge in [-0.3, -0.25) is 4.98 Å². The highest BCUT2D eigenvalue weighted by molar-refractivity contribution is 5.89. The van der Waals surface area contributed by atoms with E-state index < -0.39 is 0 Å². The van der Waals surface area contributed by atoms with Crippen LogP contribution in [-0.4, -0.2) is 4.98 Å². The number of anilines is 3. The Morgan fingerprint density at radius 2 is 1.12 bits per heavy atom. The van der Waals surface area contributed by atoms with Crippen LogP contribution >= 0.6 is 0 Å². The number of benzene rings is 6. The predicted molar refractivity (Wildman–Crippen MR) is 244 cm³/mol. The van der Waals surface area contributed by atoms with Crippen LogP contribution in [0.1, 0.15) is 73.8 Å². The minimum absolute atomic E-state index is 0.343. The van der Waals surface area contributed by atoms with Gasteiger partial charge in [0.15, 0.2) is 0 Å². The fourth-order valence-corrected chi connectivity index (χ4v) is 7.60. The Morgan fingerprint density at radius 1 is 0.561 bits per heavy atom.